The van der Waals surface area contributed by atoms with E-state index in [2.05, 4.69) is 30.8 Å². The first kappa shape index (κ1) is 24.3. The van der Waals surface area contributed by atoms with Crippen LogP contribution in [-0.4, -0.2) is 48.0 Å². The summed E-state index contributed by atoms with van der Waals surface area (Å²) in [5.41, 5.74) is 16.6. The summed E-state index contributed by atoms with van der Waals surface area (Å²) in [5, 5.41) is 0.747. The van der Waals surface area contributed by atoms with Crippen molar-refractivity contribution in [2.45, 2.75) is 44.4 Å². The smallest absolute Gasteiger partial charge is 0.251 e. The Morgan fingerprint density at radius 1 is 0.973 bits per heavy atom. The van der Waals surface area contributed by atoms with Crippen molar-refractivity contribution in [3.8, 4) is 11.1 Å². The number of anilines is 3. The Morgan fingerprint density at radius 2 is 1.65 bits per heavy atom. The zero-order chi connectivity index (χ0) is 25.9. The highest BCUT2D eigenvalue weighted by atomic mass is 79.9. The number of fused-ring (bicyclic) bond motifs is 1. The third kappa shape index (κ3) is 4.49. The lowest BCUT2D eigenvalue weighted by atomic mass is 9.90. The molecule has 2 aromatic carbocycles. The van der Waals surface area contributed by atoms with Crippen LogP contribution in [0.15, 0.2) is 34.9 Å². The van der Waals surface area contributed by atoms with Gasteiger partial charge in [0, 0.05) is 60.6 Å². The summed E-state index contributed by atoms with van der Waals surface area (Å²) in [6.07, 6.45) is 5.96. The number of rotatable bonds is 4. The van der Waals surface area contributed by atoms with E-state index >= 15 is 0 Å². The van der Waals surface area contributed by atoms with Crippen molar-refractivity contribution in [3.63, 3.8) is 0 Å². The largest absolute Gasteiger partial charge is 0.370 e. The van der Waals surface area contributed by atoms with Gasteiger partial charge in [0.25, 0.3) is 11.8 Å². The fourth-order valence-corrected chi connectivity index (χ4v) is 6.40. The molecule has 0 bridgehead atoms. The third-order valence-electron chi connectivity index (χ3n) is 8.30. The molecule has 0 radical (unpaired) electrons. The van der Waals surface area contributed by atoms with E-state index < -0.39 is 11.8 Å². The Kier molecular flexibility index (Phi) is 5.78. The number of aromatic nitrogens is 2. The Bertz CT molecular complexity index is 1390. The molecule has 1 spiro atoms. The molecule has 6 rings (SSSR count). The second-order valence-corrected chi connectivity index (χ2v) is 11.5. The van der Waals surface area contributed by atoms with Gasteiger partial charge < -0.3 is 21.3 Å². The molecule has 0 atom stereocenters. The number of nitrogens with zero attached hydrogens (tertiary/aromatic N) is 4. The van der Waals surface area contributed by atoms with Crippen LogP contribution >= 0.6 is 15.9 Å². The van der Waals surface area contributed by atoms with Crippen molar-refractivity contribution >= 4 is 50.1 Å². The number of primary amides is 1. The Hall–Kier alpha value is -3.01. The maximum absolute atomic E-state index is 14.0. The minimum Gasteiger partial charge on any atom is -0.370 e. The summed E-state index contributed by atoms with van der Waals surface area (Å²) in [6, 6.07) is 7.55. The minimum absolute atomic E-state index is 0.128. The van der Waals surface area contributed by atoms with E-state index in [-0.39, 0.29) is 31.9 Å². The van der Waals surface area contributed by atoms with Crippen LogP contribution in [0.5, 0.6) is 0 Å². The van der Waals surface area contributed by atoms with Gasteiger partial charge in [-0.2, -0.15) is 0 Å². The van der Waals surface area contributed by atoms with Gasteiger partial charge in [-0.1, -0.05) is 15.9 Å². The van der Waals surface area contributed by atoms with Crippen LogP contribution in [0.2, 0.25) is 0 Å². The normalized spacial score (nSPS) is 20.4. The molecule has 1 aliphatic carbocycles. The second-order valence-electron chi connectivity index (χ2n) is 10.7. The number of benzene rings is 2. The van der Waals surface area contributed by atoms with Crippen LogP contribution in [0.3, 0.4) is 0 Å². The van der Waals surface area contributed by atoms with Crippen LogP contribution in [-0.2, 0) is 0 Å². The molecule has 2 saturated heterocycles. The van der Waals surface area contributed by atoms with Gasteiger partial charge in [0.15, 0.2) is 0 Å². The number of alkyl halides is 2. The third-order valence-corrected chi connectivity index (χ3v) is 8.96. The lowest BCUT2D eigenvalue weighted by molar-refractivity contribution is -0.0220. The molecule has 7 nitrogen and oxygen atoms in total. The summed E-state index contributed by atoms with van der Waals surface area (Å²) in [7, 11) is 0. The summed E-state index contributed by atoms with van der Waals surface area (Å²) >= 11 is 3.74. The second kappa shape index (κ2) is 8.79. The number of amides is 1. The molecule has 37 heavy (non-hydrogen) atoms. The SMILES string of the molecule is NC(=O)c1ccc(Br)c(-c2cc(N3CCC(F)(F)CC3)c3nc(N)ncc3c2)c1N1CCC2(CC1)CC2. The van der Waals surface area contributed by atoms with Gasteiger partial charge >= 0.3 is 0 Å². The predicted molar refractivity (Wildman–Crippen MR) is 145 cm³/mol. The van der Waals surface area contributed by atoms with Crippen molar-refractivity contribution in [1.82, 2.24) is 9.97 Å². The van der Waals surface area contributed by atoms with Crippen molar-refractivity contribution in [3.05, 3.63) is 40.5 Å². The highest BCUT2D eigenvalue weighted by Crippen LogP contribution is 2.55. The molecule has 2 aliphatic heterocycles. The summed E-state index contributed by atoms with van der Waals surface area (Å²) in [5.74, 6) is -3.02. The van der Waals surface area contributed by atoms with E-state index in [9.17, 15) is 13.6 Å². The summed E-state index contributed by atoms with van der Waals surface area (Å²) in [6.45, 7) is 2.12. The lowest BCUT2D eigenvalue weighted by Crippen LogP contribution is -2.39. The van der Waals surface area contributed by atoms with Crippen LogP contribution in [0.4, 0.5) is 26.1 Å². The molecular weight excluding hydrogens is 542 g/mol. The van der Waals surface area contributed by atoms with Crippen molar-refractivity contribution in [1.29, 1.82) is 0 Å². The van der Waals surface area contributed by atoms with Crippen molar-refractivity contribution in [2.24, 2.45) is 11.1 Å². The van der Waals surface area contributed by atoms with E-state index in [1.165, 1.54) is 12.8 Å². The standard InChI is InChI=1S/C27H29BrF2N6O/c28-19-2-1-18(24(31)37)23(36-9-5-26(3-4-26)6-10-36)21(19)16-13-17-15-33-25(32)34-22(17)20(14-16)35-11-7-27(29,30)8-12-35/h1-2,13-15H,3-12H2,(H2,31,37)(H2,32,33,34). The van der Waals surface area contributed by atoms with E-state index in [4.69, 9.17) is 11.5 Å². The van der Waals surface area contributed by atoms with Gasteiger partial charge in [0.2, 0.25) is 5.95 Å². The number of halogens is 3. The van der Waals surface area contributed by atoms with Gasteiger partial charge in [0.05, 0.1) is 22.5 Å². The van der Waals surface area contributed by atoms with E-state index in [1.54, 1.807) is 12.3 Å². The molecule has 1 amide bonds. The first-order chi connectivity index (χ1) is 17.6. The monoisotopic (exact) mass is 570 g/mol. The van der Waals surface area contributed by atoms with Gasteiger partial charge in [-0.3, -0.25) is 4.79 Å². The number of nitrogen functional groups attached to an aromatic ring is 1. The van der Waals surface area contributed by atoms with Crippen molar-refractivity contribution < 1.29 is 13.6 Å². The van der Waals surface area contributed by atoms with E-state index in [0.717, 1.165) is 58.3 Å². The Balaban J connectivity index is 1.52. The molecule has 3 heterocycles. The van der Waals surface area contributed by atoms with Crippen LogP contribution in [0.25, 0.3) is 22.0 Å². The predicted octanol–water partition coefficient (Wildman–Crippen LogP) is 5.36. The number of piperidine rings is 2. The quantitative estimate of drug-likeness (QED) is 0.438. The highest BCUT2D eigenvalue weighted by Gasteiger charge is 2.45. The van der Waals surface area contributed by atoms with Crippen LogP contribution in [0.1, 0.15) is 48.9 Å². The number of nitrogens with two attached hydrogens (primary N) is 2. The molecule has 10 heteroatoms. The van der Waals surface area contributed by atoms with E-state index in [1.807, 2.05) is 23.1 Å². The zero-order valence-corrected chi connectivity index (χ0v) is 22.0. The number of carbonyl (C=O) groups is 1. The minimum atomic E-state index is -2.67. The first-order valence-electron chi connectivity index (χ1n) is 12.7. The van der Waals surface area contributed by atoms with E-state index in [0.29, 0.717) is 16.5 Å². The first-order valence-corrected chi connectivity index (χ1v) is 13.5. The number of hydrogen-bond acceptors (Lipinski definition) is 6. The average Bonchev–Trinajstić information content (AvgIpc) is 3.62. The highest BCUT2D eigenvalue weighted by molar-refractivity contribution is 9.10. The molecule has 1 aromatic heterocycles. The molecule has 194 valence electrons. The Morgan fingerprint density at radius 3 is 2.30 bits per heavy atom. The molecule has 3 aliphatic rings. The topological polar surface area (TPSA) is 101 Å². The fourth-order valence-electron chi connectivity index (χ4n) is 5.85. The maximum Gasteiger partial charge on any atom is 0.251 e. The van der Waals surface area contributed by atoms with Crippen LogP contribution < -0.4 is 21.3 Å². The average molecular weight is 571 g/mol. The van der Waals surface area contributed by atoms with Crippen molar-refractivity contribution in [2.75, 3.05) is 41.7 Å². The Labute approximate surface area is 222 Å². The lowest BCUT2D eigenvalue weighted by Gasteiger charge is -2.37. The molecule has 1 saturated carbocycles. The fraction of sp³-hybridized carbons (Fsp3) is 0.444. The molecule has 0 unspecified atom stereocenters. The van der Waals surface area contributed by atoms with Crippen LogP contribution in [0, 0.1) is 5.41 Å². The van der Waals surface area contributed by atoms with Gasteiger partial charge in [-0.15, -0.1) is 0 Å². The van der Waals surface area contributed by atoms with Gasteiger partial charge in [-0.05, 0) is 60.9 Å². The zero-order valence-electron chi connectivity index (χ0n) is 20.4. The maximum atomic E-state index is 14.0. The summed E-state index contributed by atoms with van der Waals surface area (Å²) in [4.78, 5) is 25.5. The van der Waals surface area contributed by atoms with Gasteiger partial charge in [0.1, 0.15) is 0 Å². The molecular formula is C27H29BrF2N6O. The molecule has 3 fully saturated rings. The molecule has 3 aromatic rings. The number of hydrogen-bond donors (Lipinski definition) is 2. The molecule has 4 N–H and O–H groups in total. The summed E-state index contributed by atoms with van der Waals surface area (Å²) < 4.78 is 28.8. The number of carbonyl (C=O) groups excluding carboxylic acids is 1. The van der Waals surface area contributed by atoms with Gasteiger partial charge in [-0.25, -0.2) is 18.7 Å².